The Bertz CT molecular complexity index is 933. The van der Waals surface area contributed by atoms with Crippen LogP contribution in [-0.2, 0) is 9.53 Å². The Morgan fingerprint density at radius 2 is 1.88 bits per heavy atom. The van der Waals surface area contributed by atoms with Gasteiger partial charge in [-0.25, -0.2) is 4.98 Å². The van der Waals surface area contributed by atoms with E-state index in [9.17, 15) is 9.59 Å². The topological polar surface area (TPSA) is 74.8 Å². The summed E-state index contributed by atoms with van der Waals surface area (Å²) >= 11 is 1.55. The molecule has 2 aromatic rings. The van der Waals surface area contributed by atoms with E-state index in [1.54, 1.807) is 11.3 Å². The molecule has 0 bridgehead atoms. The number of piperidine rings is 2. The van der Waals surface area contributed by atoms with E-state index in [0.29, 0.717) is 31.2 Å². The fourth-order valence-electron chi connectivity index (χ4n) is 4.59. The normalized spacial score (nSPS) is 17.2. The molecule has 7 nitrogen and oxygen atoms in total. The number of hydrogen-bond donors (Lipinski definition) is 1. The molecule has 0 radical (unpaired) electrons. The number of nitrogens with one attached hydrogen (secondary N) is 1. The molecule has 1 aromatic heterocycles. The Balaban J connectivity index is 1.33. The summed E-state index contributed by atoms with van der Waals surface area (Å²) in [5.41, 5.74) is 2.40. The third-order valence-corrected chi connectivity index (χ3v) is 7.47. The van der Waals surface area contributed by atoms with Crippen molar-refractivity contribution in [3.8, 4) is 0 Å². The molecule has 3 heterocycles. The van der Waals surface area contributed by atoms with Crippen molar-refractivity contribution in [3.63, 3.8) is 0 Å². The summed E-state index contributed by atoms with van der Waals surface area (Å²) in [4.78, 5) is 34.2. The molecule has 2 saturated heterocycles. The smallest absolute Gasteiger partial charge is 0.275 e. The van der Waals surface area contributed by atoms with Crippen molar-refractivity contribution in [2.45, 2.75) is 51.4 Å². The molecular formula is C25H34N4O3S. The quantitative estimate of drug-likeness (QED) is 0.574. The minimum atomic E-state index is -0.162. The first-order valence-corrected chi connectivity index (χ1v) is 13.0. The second kappa shape index (κ2) is 11.6. The maximum atomic E-state index is 13.0. The van der Waals surface area contributed by atoms with E-state index >= 15 is 0 Å². The van der Waals surface area contributed by atoms with E-state index in [1.807, 2.05) is 35.4 Å². The molecule has 1 aromatic carbocycles. The molecule has 8 heteroatoms. The molecule has 0 saturated carbocycles. The number of thiazole rings is 1. The number of aromatic nitrogens is 1. The third-order valence-electron chi connectivity index (χ3n) is 6.46. The summed E-state index contributed by atoms with van der Waals surface area (Å²) in [5.74, 6) is 0.298. The van der Waals surface area contributed by atoms with Gasteiger partial charge in [-0.2, -0.15) is 0 Å². The van der Waals surface area contributed by atoms with Gasteiger partial charge in [-0.1, -0.05) is 12.1 Å². The van der Waals surface area contributed by atoms with Crippen LogP contribution < -0.4 is 10.2 Å². The number of hydrogen-bond acceptors (Lipinski definition) is 6. The molecule has 1 N–H and O–H groups in total. The van der Waals surface area contributed by atoms with Crippen LogP contribution in [0.3, 0.4) is 0 Å². The number of anilines is 2. The van der Waals surface area contributed by atoms with E-state index in [0.717, 1.165) is 55.4 Å². The molecule has 2 aliphatic rings. The molecule has 0 unspecified atom stereocenters. The average molecular weight is 471 g/mol. The van der Waals surface area contributed by atoms with Crippen LogP contribution in [0, 0.1) is 0 Å². The van der Waals surface area contributed by atoms with E-state index in [4.69, 9.17) is 4.74 Å². The molecule has 0 atom stereocenters. The van der Waals surface area contributed by atoms with Gasteiger partial charge in [-0.05, 0) is 51.2 Å². The highest BCUT2D eigenvalue weighted by molar-refractivity contribution is 7.10. The zero-order chi connectivity index (χ0) is 23.0. The van der Waals surface area contributed by atoms with Gasteiger partial charge in [-0.3, -0.25) is 9.59 Å². The number of ether oxygens (including phenoxy) is 1. The number of benzene rings is 1. The van der Waals surface area contributed by atoms with Crippen molar-refractivity contribution < 1.29 is 14.3 Å². The fraction of sp³-hybridized carbons (Fsp3) is 0.560. The number of amides is 2. The van der Waals surface area contributed by atoms with Gasteiger partial charge < -0.3 is 19.9 Å². The van der Waals surface area contributed by atoms with Gasteiger partial charge >= 0.3 is 0 Å². The predicted molar refractivity (Wildman–Crippen MR) is 132 cm³/mol. The summed E-state index contributed by atoms with van der Waals surface area (Å²) < 4.78 is 5.30. The molecule has 2 aliphatic heterocycles. The van der Waals surface area contributed by atoms with Crippen LogP contribution in [0.15, 0.2) is 29.6 Å². The first kappa shape index (κ1) is 23.7. The molecule has 178 valence electrons. The van der Waals surface area contributed by atoms with Crippen LogP contribution in [-0.4, -0.2) is 61.1 Å². The second-order valence-electron chi connectivity index (χ2n) is 8.69. The summed E-state index contributed by atoms with van der Waals surface area (Å²) in [7, 11) is 0. The van der Waals surface area contributed by atoms with Crippen molar-refractivity contribution >= 4 is 34.5 Å². The first-order chi connectivity index (χ1) is 16.2. The van der Waals surface area contributed by atoms with E-state index in [1.165, 1.54) is 19.3 Å². The minimum Gasteiger partial charge on any atom is -0.381 e. The Morgan fingerprint density at radius 1 is 1.12 bits per heavy atom. The van der Waals surface area contributed by atoms with Crippen LogP contribution in [0.5, 0.6) is 0 Å². The summed E-state index contributed by atoms with van der Waals surface area (Å²) in [6, 6.07) is 8.03. The summed E-state index contributed by atoms with van der Waals surface area (Å²) in [6.45, 7) is 6.59. The molecule has 2 fully saturated rings. The highest BCUT2D eigenvalue weighted by Crippen LogP contribution is 2.32. The van der Waals surface area contributed by atoms with E-state index < -0.39 is 0 Å². The maximum Gasteiger partial charge on any atom is 0.275 e. The molecule has 0 spiro atoms. The summed E-state index contributed by atoms with van der Waals surface area (Å²) in [5, 5.41) is 5.93. The third kappa shape index (κ3) is 6.12. The maximum absolute atomic E-state index is 13.0. The lowest BCUT2D eigenvalue weighted by Gasteiger charge is -2.31. The van der Waals surface area contributed by atoms with Gasteiger partial charge in [0.15, 0.2) is 0 Å². The molecular weight excluding hydrogens is 436 g/mol. The van der Waals surface area contributed by atoms with Gasteiger partial charge in [0.2, 0.25) is 5.91 Å². The van der Waals surface area contributed by atoms with Crippen LogP contribution >= 0.6 is 11.3 Å². The molecule has 0 aliphatic carbocycles. The Morgan fingerprint density at radius 3 is 2.64 bits per heavy atom. The lowest BCUT2D eigenvalue weighted by atomic mass is 9.97. The molecule has 33 heavy (non-hydrogen) atoms. The van der Waals surface area contributed by atoms with Gasteiger partial charge in [0.25, 0.3) is 5.91 Å². The predicted octanol–water partition coefficient (Wildman–Crippen LogP) is 4.52. The van der Waals surface area contributed by atoms with Gasteiger partial charge in [-0.15, -0.1) is 11.3 Å². The van der Waals surface area contributed by atoms with Gasteiger partial charge in [0, 0.05) is 44.1 Å². The number of carbonyl (C=O) groups is 2. The first-order valence-electron chi connectivity index (χ1n) is 12.1. The molecule has 2 amide bonds. The highest BCUT2D eigenvalue weighted by atomic mass is 32.1. The Labute approximate surface area is 200 Å². The number of rotatable bonds is 8. The highest BCUT2D eigenvalue weighted by Gasteiger charge is 2.26. The number of carbonyl (C=O) groups excluding carboxylic acids is 2. The van der Waals surface area contributed by atoms with Crippen LogP contribution in [0.2, 0.25) is 0 Å². The zero-order valence-corrected chi connectivity index (χ0v) is 20.2. The van der Waals surface area contributed by atoms with Crippen LogP contribution in [0.4, 0.5) is 11.4 Å². The largest absolute Gasteiger partial charge is 0.381 e. The monoisotopic (exact) mass is 470 g/mol. The van der Waals surface area contributed by atoms with Crippen molar-refractivity contribution in [1.29, 1.82) is 0 Å². The van der Waals surface area contributed by atoms with Crippen molar-refractivity contribution in [1.82, 2.24) is 9.88 Å². The lowest BCUT2D eigenvalue weighted by Crippen LogP contribution is -2.38. The standard InChI is InChI=1S/C25H34N4O3S/c1-2-32-17-12-23(30)29-15-10-19(11-16-29)25-27-21(18-33-25)24(31)26-20-8-4-5-9-22(20)28-13-6-3-7-14-28/h4-5,8-9,18-19H,2-3,6-7,10-17H2,1H3,(H,26,31). The molecule has 4 rings (SSSR count). The minimum absolute atomic E-state index is 0.161. The Kier molecular flexibility index (Phi) is 8.34. The number of nitrogens with zero attached hydrogens (tertiary/aromatic N) is 3. The van der Waals surface area contributed by atoms with Crippen molar-refractivity contribution in [2.24, 2.45) is 0 Å². The van der Waals surface area contributed by atoms with E-state index in [-0.39, 0.29) is 11.8 Å². The van der Waals surface area contributed by atoms with Crippen LogP contribution in [0.25, 0.3) is 0 Å². The van der Waals surface area contributed by atoms with Gasteiger partial charge in [0.1, 0.15) is 5.69 Å². The fourth-order valence-corrected chi connectivity index (χ4v) is 5.56. The number of para-hydroxylation sites is 2. The van der Waals surface area contributed by atoms with Crippen molar-refractivity contribution in [3.05, 3.63) is 40.3 Å². The zero-order valence-electron chi connectivity index (χ0n) is 19.4. The summed E-state index contributed by atoms with van der Waals surface area (Å²) in [6.07, 6.45) is 5.86. The average Bonchev–Trinajstić information content (AvgIpc) is 3.36. The van der Waals surface area contributed by atoms with Gasteiger partial charge in [0.05, 0.1) is 29.4 Å². The van der Waals surface area contributed by atoms with E-state index in [2.05, 4.69) is 21.3 Å². The SMILES string of the molecule is CCOCCC(=O)N1CCC(c2nc(C(=O)Nc3ccccc3N3CCCCC3)cs2)CC1. The Hall–Kier alpha value is -2.45. The number of likely N-dealkylation sites (tertiary alicyclic amines) is 1. The van der Waals surface area contributed by atoms with Crippen LogP contribution in [0.1, 0.15) is 66.9 Å². The lowest BCUT2D eigenvalue weighted by molar-refractivity contribution is -0.133. The van der Waals surface area contributed by atoms with Crippen molar-refractivity contribution in [2.75, 3.05) is 49.6 Å². The second-order valence-corrected chi connectivity index (χ2v) is 9.58.